The van der Waals surface area contributed by atoms with Crippen LogP contribution in [0.5, 0.6) is 0 Å². The average molecular weight is 242 g/mol. The van der Waals surface area contributed by atoms with Gasteiger partial charge >= 0.3 is 0 Å². The molecule has 0 unspecified atom stereocenters. The summed E-state index contributed by atoms with van der Waals surface area (Å²) < 4.78 is 11.9. The fraction of sp³-hybridized carbons (Fsp3) is 1.00. The molecule has 0 aromatic heterocycles. The zero-order valence-corrected chi connectivity index (χ0v) is 12.4. The van der Waals surface area contributed by atoms with Gasteiger partial charge in [0.1, 0.15) is 5.69 Å². The van der Waals surface area contributed by atoms with Crippen molar-refractivity contribution in [1.29, 1.82) is 0 Å². The lowest BCUT2D eigenvalue weighted by atomic mass is 9.88. The lowest BCUT2D eigenvalue weighted by Gasteiger charge is -2.31. The topological polar surface area (TPSA) is 18.5 Å². The molecule has 0 aliphatic carbocycles. The summed E-state index contributed by atoms with van der Waals surface area (Å²) in [6, 6.07) is 0. The van der Waals surface area contributed by atoms with Crippen LogP contribution in [0.1, 0.15) is 72.1 Å². The van der Waals surface area contributed by atoms with Gasteiger partial charge < -0.3 is 9.47 Å². The lowest BCUT2D eigenvalue weighted by Crippen LogP contribution is -2.37. The quantitative estimate of drug-likeness (QED) is 0.296. The van der Waals surface area contributed by atoms with Crippen molar-refractivity contribution >= 4 is 7.85 Å². The van der Waals surface area contributed by atoms with E-state index in [2.05, 4.69) is 28.6 Å². The van der Waals surface area contributed by atoms with E-state index in [-0.39, 0.29) is 5.69 Å². The van der Waals surface area contributed by atoms with E-state index in [1.165, 1.54) is 32.1 Å². The Hall–Kier alpha value is -0.0151. The first-order valence-electron chi connectivity index (χ1n) is 7.46. The van der Waals surface area contributed by atoms with Gasteiger partial charge in [-0.05, 0) is 25.7 Å². The molecule has 0 aromatic rings. The summed E-state index contributed by atoms with van der Waals surface area (Å²) in [5.74, 6) is 0. The maximum Gasteiger partial charge on any atom is 0.178 e. The summed E-state index contributed by atoms with van der Waals surface area (Å²) in [7, 11) is 2.11. The van der Waals surface area contributed by atoms with Gasteiger partial charge in [-0.15, -0.1) is 0 Å². The van der Waals surface area contributed by atoms with Crippen molar-refractivity contribution in [1.82, 2.24) is 0 Å². The van der Waals surface area contributed by atoms with Crippen LogP contribution in [-0.2, 0) is 9.47 Å². The molecule has 0 heterocycles. The SMILES string of the molecule is BC(CCCCC)(OCCCC)OCCCC. The summed E-state index contributed by atoms with van der Waals surface area (Å²) in [4.78, 5) is 0. The Balaban J connectivity index is 3.95. The van der Waals surface area contributed by atoms with Crippen molar-refractivity contribution < 1.29 is 9.47 Å². The second kappa shape index (κ2) is 11.1. The number of hydrogen-bond acceptors (Lipinski definition) is 2. The maximum atomic E-state index is 5.94. The van der Waals surface area contributed by atoms with Crippen LogP contribution in [-0.4, -0.2) is 26.7 Å². The normalized spacial score (nSPS) is 11.9. The van der Waals surface area contributed by atoms with Crippen molar-refractivity contribution in [2.24, 2.45) is 0 Å². The summed E-state index contributed by atoms with van der Waals surface area (Å²) in [5.41, 5.74) is -0.348. The van der Waals surface area contributed by atoms with Crippen molar-refractivity contribution in [2.75, 3.05) is 13.2 Å². The smallest absolute Gasteiger partial charge is 0.178 e. The van der Waals surface area contributed by atoms with Gasteiger partial charge in [0.25, 0.3) is 0 Å². The third-order valence-corrected chi connectivity index (χ3v) is 3.05. The molecule has 0 rings (SSSR count). The summed E-state index contributed by atoms with van der Waals surface area (Å²) in [6.07, 6.45) is 9.35. The minimum atomic E-state index is -0.348. The Morgan fingerprint density at radius 1 is 0.765 bits per heavy atom. The van der Waals surface area contributed by atoms with E-state index in [9.17, 15) is 0 Å². The predicted molar refractivity (Wildman–Crippen MR) is 77.1 cm³/mol. The Morgan fingerprint density at radius 3 is 1.65 bits per heavy atom. The van der Waals surface area contributed by atoms with E-state index in [0.717, 1.165) is 32.5 Å². The Bertz CT molecular complexity index is 136. The summed E-state index contributed by atoms with van der Waals surface area (Å²) in [6.45, 7) is 8.26. The van der Waals surface area contributed by atoms with Gasteiger partial charge in [0, 0.05) is 13.2 Å². The molecule has 0 spiro atoms. The largest absolute Gasteiger partial charge is 0.359 e. The molecule has 0 atom stereocenters. The van der Waals surface area contributed by atoms with Gasteiger partial charge in [-0.3, -0.25) is 0 Å². The van der Waals surface area contributed by atoms with E-state index >= 15 is 0 Å². The predicted octanol–water partition coefficient (Wildman–Crippen LogP) is 3.49. The third-order valence-electron chi connectivity index (χ3n) is 3.05. The fourth-order valence-corrected chi connectivity index (χ4v) is 1.75. The lowest BCUT2D eigenvalue weighted by molar-refractivity contribution is -0.184. The van der Waals surface area contributed by atoms with Crippen LogP contribution in [0, 0.1) is 0 Å². The van der Waals surface area contributed by atoms with Crippen molar-refractivity contribution in [3.63, 3.8) is 0 Å². The van der Waals surface area contributed by atoms with Gasteiger partial charge in [0.2, 0.25) is 0 Å². The van der Waals surface area contributed by atoms with Crippen LogP contribution in [0.15, 0.2) is 0 Å². The van der Waals surface area contributed by atoms with Crippen LogP contribution in [0.2, 0.25) is 0 Å². The second-order valence-electron chi connectivity index (χ2n) is 4.99. The number of unbranched alkanes of at least 4 members (excludes halogenated alkanes) is 4. The summed E-state index contributed by atoms with van der Waals surface area (Å²) in [5, 5.41) is 0. The minimum Gasteiger partial charge on any atom is -0.359 e. The van der Waals surface area contributed by atoms with E-state index in [0.29, 0.717) is 0 Å². The number of hydrogen-bond donors (Lipinski definition) is 0. The highest BCUT2D eigenvalue weighted by Crippen LogP contribution is 2.19. The Morgan fingerprint density at radius 2 is 1.24 bits per heavy atom. The molecule has 0 bridgehead atoms. The Labute approximate surface area is 109 Å². The van der Waals surface area contributed by atoms with Gasteiger partial charge in [-0.2, -0.15) is 0 Å². The van der Waals surface area contributed by atoms with Crippen molar-refractivity contribution in [3.05, 3.63) is 0 Å². The van der Waals surface area contributed by atoms with Crippen LogP contribution >= 0.6 is 0 Å². The molecular formula is C14H31BO2. The molecule has 0 saturated carbocycles. The molecule has 0 amide bonds. The molecule has 2 nitrogen and oxygen atoms in total. The van der Waals surface area contributed by atoms with E-state index in [1.54, 1.807) is 0 Å². The molecule has 102 valence electrons. The first-order valence-corrected chi connectivity index (χ1v) is 7.46. The average Bonchev–Trinajstić information content (AvgIpc) is 2.30. The number of ether oxygens (including phenoxy) is 2. The van der Waals surface area contributed by atoms with Crippen LogP contribution in [0.4, 0.5) is 0 Å². The van der Waals surface area contributed by atoms with Crippen molar-refractivity contribution in [2.45, 2.75) is 77.8 Å². The number of rotatable bonds is 12. The fourth-order valence-electron chi connectivity index (χ4n) is 1.75. The van der Waals surface area contributed by atoms with E-state index < -0.39 is 0 Å². The van der Waals surface area contributed by atoms with Gasteiger partial charge in [-0.1, -0.05) is 46.5 Å². The van der Waals surface area contributed by atoms with Crippen molar-refractivity contribution in [3.8, 4) is 0 Å². The van der Waals surface area contributed by atoms with Crippen LogP contribution in [0.3, 0.4) is 0 Å². The van der Waals surface area contributed by atoms with Gasteiger partial charge in [0.05, 0.1) is 0 Å². The molecule has 0 aliphatic heterocycles. The molecule has 17 heavy (non-hydrogen) atoms. The highest BCUT2D eigenvalue weighted by Gasteiger charge is 2.24. The summed E-state index contributed by atoms with van der Waals surface area (Å²) >= 11 is 0. The highest BCUT2D eigenvalue weighted by atomic mass is 16.7. The maximum absolute atomic E-state index is 5.94. The molecule has 0 fully saturated rings. The van der Waals surface area contributed by atoms with E-state index in [4.69, 9.17) is 9.47 Å². The first-order chi connectivity index (χ1) is 8.18. The highest BCUT2D eigenvalue weighted by molar-refractivity contribution is 6.13. The second-order valence-corrected chi connectivity index (χ2v) is 4.99. The molecule has 0 saturated heterocycles. The zero-order valence-electron chi connectivity index (χ0n) is 12.4. The first kappa shape index (κ1) is 17.0. The standard InChI is InChI=1S/C14H31BO2/c1-4-7-10-11-14(15,16-12-8-5-2)17-13-9-6-3/h4-13,15H2,1-3H3. The monoisotopic (exact) mass is 242 g/mol. The molecule has 3 heteroatoms. The van der Waals surface area contributed by atoms with Crippen LogP contribution in [0.25, 0.3) is 0 Å². The molecule has 0 aromatic carbocycles. The molecule has 0 N–H and O–H groups in total. The molecule has 0 radical (unpaired) electrons. The van der Waals surface area contributed by atoms with E-state index in [1.807, 2.05) is 0 Å². The van der Waals surface area contributed by atoms with Gasteiger partial charge in [0.15, 0.2) is 7.85 Å². The molecular weight excluding hydrogens is 211 g/mol. The van der Waals surface area contributed by atoms with Gasteiger partial charge in [-0.25, -0.2) is 0 Å². The third kappa shape index (κ3) is 9.67. The molecule has 0 aliphatic rings. The zero-order chi connectivity index (χ0) is 13.0. The van der Waals surface area contributed by atoms with Crippen LogP contribution < -0.4 is 0 Å². The minimum absolute atomic E-state index is 0.348. The Kier molecular flexibility index (Phi) is 11.1.